The van der Waals surface area contributed by atoms with E-state index in [4.69, 9.17) is 4.52 Å². The van der Waals surface area contributed by atoms with Gasteiger partial charge in [-0.05, 0) is 25.5 Å². The summed E-state index contributed by atoms with van der Waals surface area (Å²) < 4.78 is 5.20. The van der Waals surface area contributed by atoms with Gasteiger partial charge in [-0.3, -0.25) is 4.79 Å². The molecule has 0 bridgehead atoms. The molecule has 1 heterocycles. The first-order valence-electron chi connectivity index (χ1n) is 6.64. The van der Waals surface area contributed by atoms with Crippen LogP contribution in [0.2, 0.25) is 0 Å². The summed E-state index contributed by atoms with van der Waals surface area (Å²) >= 11 is 0. The van der Waals surface area contributed by atoms with Crippen molar-refractivity contribution >= 4 is 11.6 Å². The summed E-state index contributed by atoms with van der Waals surface area (Å²) in [5.41, 5.74) is 2.79. The van der Waals surface area contributed by atoms with Crippen molar-refractivity contribution in [2.24, 2.45) is 0 Å². The van der Waals surface area contributed by atoms with Crippen LogP contribution in [-0.2, 0) is 5.41 Å². The van der Waals surface area contributed by atoms with E-state index in [-0.39, 0.29) is 11.3 Å². The number of aryl methyl sites for hydroxylation is 2. The van der Waals surface area contributed by atoms with Gasteiger partial charge in [-0.1, -0.05) is 44.1 Å². The minimum Gasteiger partial charge on any atom is -0.361 e. The fraction of sp³-hybridized carbons (Fsp3) is 0.375. The number of carbonyl (C=O) groups is 1. The number of amides is 1. The van der Waals surface area contributed by atoms with Gasteiger partial charge in [0.2, 0.25) is 0 Å². The number of hydrogen-bond acceptors (Lipinski definition) is 3. The molecule has 2 rings (SSSR count). The van der Waals surface area contributed by atoms with Crippen molar-refractivity contribution in [1.82, 2.24) is 5.16 Å². The average molecular weight is 272 g/mol. The highest BCUT2D eigenvalue weighted by Gasteiger charge is 2.28. The first-order chi connectivity index (χ1) is 9.30. The zero-order chi connectivity index (χ0) is 14.9. The smallest absolute Gasteiger partial charge is 0.261 e. The Balaban J connectivity index is 2.36. The molecule has 1 aromatic heterocycles. The zero-order valence-corrected chi connectivity index (χ0v) is 12.6. The van der Waals surface area contributed by atoms with E-state index in [2.05, 4.69) is 10.5 Å². The lowest BCUT2D eigenvalue weighted by molar-refractivity contribution is 0.102. The molecule has 0 aliphatic carbocycles. The van der Waals surface area contributed by atoms with Gasteiger partial charge in [-0.15, -0.1) is 0 Å². The lowest BCUT2D eigenvalue weighted by Gasteiger charge is -2.16. The Bertz CT molecular complexity index is 636. The van der Waals surface area contributed by atoms with Gasteiger partial charge in [-0.2, -0.15) is 0 Å². The largest absolute Gasteiger partial charge is 0.361 e. The van der Waals surface area contributed by atoms with Crippen molar-refractivity contribution in [1.29, 1.82) is 0 Å². The maximum Gasteiger partial charge on any atom is 0.261 e. The maximum absolute atomic E-state index is 12.5. The molecule has 0 atom stereocenters. The summed E-state index contributed by atoms with van der Waals surface area (Å²) in [6, 6.07) is 7.68. The second-order valence-electron chi connectivity index (χ2n) is 5.98. The summed E-state index contributed by atoms with van der Waals surface area (Å²) in [5, 5.41) is 6.96. The number of carbonyl (C=O) groups excluding carboxylic acids is 1. The molecule has 1 amide bonds. The quantitative estimate of drug-likeness (QED) is 0.903. The zero-order valence-electron chi connectivity index (χ0n) is 12.6. The van der Waals surface area contributed by atoms with Crippen molar-refractivity contribution in [3.63, 3.8) is 0 Å². The predicted octanol–water partition coefficient (Wildman–Crippen LogP) is 3.84. The number of anilines is 1. The number of rotatable bonds is 2. The fourth-order valence-electron chi connectivity index (χ4n) is 2.05. The molecule has 0 fully saturated rings. The van der Waals surface area contributed by atoms with Crippen molar-refractivity contribution in [2.45, 2.75) is 40.0 Å². The molecular formula is C16H20N2O2. The first kappa shape index (κ1) is 14.3. The normalized spacial score (nSPS) is 11.4. The topological polar surface area (TPSA) is 55.1 Å². The SMILES string of the molecule is Cc1ccccc1NC(=O)c1c(C(C)(C)C)noc1C. The Kier molecular flexibility index (Phi) is 3.66. The van der Waals surface area contributed by atoms with Crippen LogP contribution >= 0.6 is 0 Å². The Labute approximate surface area is 119 Å². The molecule has 4 heteroatoms. The van der Waals surface area contributed by atoms with E-state index < -0.39 is 0 Å². The van der Waals surface area contributed by atoms with Crippen LogP contribution in [0.4, 0.5) is 5.69 Å². The molecule has 20 heavy (non-hydrogen) atoms. The molecule has 4 nitrogen and oxygen atoms in total. The van der Waals surface area contributed by atoms with E-state index in [1.165, 1.54) is 0 Å². The Morgan fingerprint density at radius 3 is 2.45 bits per heavy atom. The number of aromatic nitrogens is 1. The summed E-state index contributed by atoms with van der Waals surface area (Å²) in [6.45, 7) is 9.74. The second kappa shape index (κ2) is 5.12. The van der Waals surface area contributed by atoms with Gasteiger partial charge < -0.3 is 9.84 Å². The van der Waals surface area contributed by atoms with E-state index in [9.17, 15) is 4.79 Å². The van der Waals surface area contributed by atoms with E-state index in [1.807, 2.05) is 52.0 Å². The van der Waals surface area contributed by atoms with Gasteiger partial charge in [0.1, 0.15) is 17.0 Å². The van der Waals surface area contributed by atoms with E-state index >= 15 is 0 Å². The molecule has 0 spiro atoms. The minimum atomic E-state index is -0.240. The monoisotopic (exact) mass is 272 g/mol. The van der Waals surface area contributed by atoms with Crippen molar-refractivity contribution in [3.05, 3.63) is 46.8 Å². The van der Waals surface area contributed by atoms with Crippen LogP contribution in [0.1, 0.15) is 48.1 Å². The van der Waals surface area contributed by atoms with Crippen LogP contribution < -0.4 is 5.32 Å². The molecule has 0 aliphatic heterocycles. The summed E-state index contributed by atoms with van der Waals surface area (Å²) in [7, 11) is 0. The highest BCUT2D eigenvalue weighted by Crippen LogP contribution is 2.27. The lowest BCUT2D eigenvalue weighted by atomic mass is 9.88. The molecule has 0 unspecified atom stereocenters. The highest BCUT2D eigenvalue weighted by molar-refractivity contribution is 6.06. The minimum absolute atomic E-state index is 0.178. The van der Waals surface area contributed by atoms with E-state index in [0.29, 0.717) is 17.0 Å². The second-order valence-corrected chi connectivity index (χ2v) is 5.98. The van der Waals surface area contributed by atoms with Crippen LogP contribution in [0.15, 0.2) is 28.8 Å². The van der Waals surface area contributed by atoms with Crippen molar-refractivity contribution in [3.8, 4) is 0 Å². The molecule has 2 aromatic rings. The Morgan fingerprint density at radius 1 is 1.20 bits per heavy atom. The number of benzene rings is 1. The summed E-state index contributed by atoms with van der Waals surface area (Å²) in [4.78, 5) is 12.5. The maximum atomic E-state index is 12.5. The molecule has 0 aliphatic rings. The van der Waals surface area contributed by atoms with Gasteiger partial charge in [0.25, 0.3) is 5.91 Å². The van der Waals surface area contributed by atoms with Gasteiger partial charge in [0.15, 0.2) is 0 Å². The van der Waals surface area contributed by atoms with Gasteiger partial charge >= 0.3 is 0 Å². The molecule has 1 aromatic carbocycles. The van der Waals surface area contributed by atoms with Crippen LogP contribution in [-0.4, -0.2) is 11.1 Å². The number of nitrogens with one attached hydrogen (secondary N) is 1. The van der Waals surface area contributed by atoms with E-state index in [1.54, 1.807) is 6.92 Å². The summed E-state index contributed by atoms with van der Waals surface area (Å²) in [6.07, 6.45) is 0. The van der Waals surface area contributed by atoms with Crippen LogP contribution in [0.3, 0.4) is 0 Å². The summed E-state index contributed by atoms with van der Waals surface area (Å²) in [5.74, 6) is 0.365. The third kappa shape index (κ3) is 2.74. The Hall–Kier alpha value is -2.10. The lowest BCUT2D eigenvalue weighted by Crippen LogP contribution is -2.21. The molecule has 1 N–H and O–H groups in total. The Morgan fingerprint density at radius 2 is 1.85 bits per heavy atom. The highest BCUT2D eigenvalue weighted by atomic mass is 16.5. The molecular weight excluding hydrogens is 252 g/mol. The van der Waals surface area contributed by atoms with Gasteiger partial charge in [-0.25, -0.2) is 0 Å². The molecule has 0 saturated heterocycles. The van der Waals surface area contributed by atoms with Crippen molar-refractivity contribution in [2.75, 3.05) is 5.32 Å². The molecule has 106 valence electrons. The standard InChI is InChI=1S/C16H20N2O2/c1-10-8-6-7-9-12(10)17-15(19)13-11(2)20-18-14(13)16(3,4)5/h6-9H,1-5H3,(H,17,19). The fourth-order valence-corrected chi connectivity index (χ4v) is 2.05. The molecule has 0 saturated carbocycles. The number of nitrogens with zero attached hydrogens (tertiary/aromatic N) is 1. The van der Waals surface area contributed by atoms with Crippen LogP contribution in [0, 0.1) is 13.8 Å². The average Bonchev–Trinajstić information content (AvgIpc) is 2.74. The first-order valence-corrected chi connectivity index (χ1v) is 6.64. The van der Waals surface area contributed by atoms with Gasteiger partial charge in [0, 0.05) is 11.1 Å². The van der Waals surface area contributed by atoms with Crippen LogP contribution in [0.25, 0.3) is 0 Å². The number of para-hydroxylation sites is 1. The van der Waals surface area contributed by atoms with Gasteiger partial charge in [0.05, 0.1) is 0 Å². The third-order valence-electron chi connectivity index (χ3n) is 3.19. The molecule has 0 radical (unpaired) electrons. The predicted molar refractivity (Wildman–Crippen MR) is 79.1 cm³/mol. The van der Waals surface area contributed by atoms with E-state index in [0.717, 1.165) is 11.3 Å². The third-order valence-corrected chi connectivity index (χ3v) is 3.19. The number of hydrogen-bond donors (Lipinski definition) is 1. The van der Waals surface area contributed by atoms with Crippen molar-refractivity contribution < 1.29 is 9.32 Å². The van der Waals surface area contributed by atoms with Crippen LogP contribution in [0.5, 0.6) is 0 Å².